The summed E-state index contributed by atoms with van der Waals surface area (Å²) in [7, 11) is 0. The van der Waals surface area contributed by atoms with E-state index in [0.717, 1.165) is 30.6 Å². The first-order valence-electron chi connectivity index (χ1n) is 8.53. The molecule has 126 valence electrons. The van der Waals surface area contributed by atoms with Crippen LogP contribution in [-0.4, -0.2) is 27.3 Å². The number of nitrogens with zero attached hydrogens (tertiary/aromatic N) is 3. The zero-order valence-corrected chi connectivity index (χ0v) is 13.5. The molecule has 0 saturated carbocycles. The van der Waals surface area contributed by atoms with E-state index in [0.29, 0.717) is 23.7 Å². The summed E-state index contributed by atoms with van der Waals surface area (Å²) in [5.41, 5.74) is 0.805. The van der Waals surface area contributed by atoms with Gasteiger partial charge in [0.15, 0.2) is 0 Å². The van der Waals surface area contributed by atoms with Crippen molar-refractivity contribution in [3.8, 4) is 23.0 Å². The third kappa shape index (κ3) is 2.78. The molecule has 25 heavy (non-hydrogen) atoms. The van der Waals surface area contributed by atoms with Gasteiger partial charge in [0.2, 0.25) is 17.6 Å². The Kier molecular flexibility index (Phi) is 3.48. The van der Waals surface area contributed by atoms with Gasteiger partial charge >= 0.3 is 0 Å². The average molecular weight is 335 g/mol. The minimum atomic E-state index is 0.230. The first kappa shape index (κ1) is 14.6. The Morgan fingerprint density at radius 1 is 1.04 bits per heavy atom. The van der Waals surface area contributed by atoms with Crippen molar-refractivity contribution < 1.29 is 14.0 Å². The van der Waals surface area contributed by atoms with Crippen molar-refractivity contribution >= 4 is 0 Å². The van der Waals surface area contributed by atoms with Crippen molar-refractivity contribution in [3.05, 3.63) is 54.6 Å². The van der Waals surface area contributed by atoms with Gasteiger partial charge in [0.1, 0.15) is 5.75 Å². The highest BCUT2D eigenvalue weighted by molar-refractivity contribution is 5.53. The van der Waals surface area contributed by atoms with Crippen LogP contribution in [-0.2, 0) is 4.74 Å². The quantitative estimate of drug-likeness (QED) is 0.719. The van der Waals surface area contributed by atoms with E-state index in [4.69, 9.17) is 14.0 Å². The molecule has 6 nitrogen and oxygen atoms in total. The Balaban J connectivity index is 1.32. The van der Waals surface area contributed by atoms with Crippen LogP contribution in [0.1, 0.15) is 31.1 Å². The van der Waals surface area contributed by atoms with Gasteiger partial charge < -0.3 is 14.0 Å². The lowest BCUT2D eigenvalue weighted by Gasteiger charge is -2.13. The lowest BCUT2D eigenvalue weighted by atomic mass is 9.89. The van der Waals surface area contributed by atoms with Crippen LogP contribution in [0.4, 0.5) is 0 Å². The number of pyridine rings is 1. The molecule has 0 N–H and O–H groups in total. The molecule has 0 aliphatic carbocycles. The molecule has 3 aromatic rings. The third-order valence-corrected chi connectivity index (χ3v) is 4.83. The van der Waals surface area contributed by atoms with Crippen molar-refractivity contribution in [2.24, 2.45) is 0 Å². The molecule has 0 amide bonds. The number of aromatic nitrogens is 3. The Morgan fingerprint density at radius 3 is 2.68 bits per heavy atom. The van der Waals surface area contributed by atoms with E-state index in [-0.39, 0.29) is 12.0 Å². The van der Waals surface area contributed by atoms with Crippen LogP contribution >= 0.6 is 0 Å². The van der Waals surface area contributed by atoms with Crippen molar-refractivity contribution in [1.82, 2.24) is 15.1 Å². The Labute approximate surface area is 144 Å². The molecule has 5 rings (SSSR count). The lowest BCUT2D eigenvalue weighted by molar-refractivity contribution is 0.0974. The maximum atomic E-state index is 5.87. The SMILES string of the molecule is c1ccc(Oc2ccc(-c3noc([C@@H]4C[C@H]5CC[C@H]4O5)n3)cn2)cc1. The van der Waals surface area contributed by atoms with E-state index in [1.54, 1.807) is 12.3 Å². The summed E-state index contributed by atoms with van der Waals surface area (Å²) >= 11 is 0. The zero-order valence-electron chi connectivity index (χ0n) is 13.5. The second-order valence-electron chi connectivity index (χ2n) is 6.47. The van der Waals surface area contributed by atoms with E-state index >= 15 is 0 Å². The topological polar surface area (TPSA) is 70.3 Å². The maximum Gasteiger partial charge on any atom is 0.232 e. The fourth-order valence-corrected chi connectivity index (χ4v) is 3.58. The fourth-order valence-electron chi connectivity index (χ4n) is 3.58. The predicted octanol–water partition coefficient (Wildman–Crippen LogP) is 3.96. The number of ether oxygens (including phenoxy) is 2. The molecule has 4 heterocycles. The molecular formula is C19H17N3O3. The minimum Gasteiger partial charge on any atom is -0.439 e. The number of hydrogen-bond acceptors (Lipinski definition) is 6. The van der Waals surface area contributed by atoms with E-state index in [2.05, 4.69) is 15.1 Å². The van der Waals surface area contributed by atoms with Crippen molar-refractivity contribution in [2.45, 2.75) is 37.4 Å². The molecule has 2 aliphatic rings. The van der Waals surface area contributed by atoms with Crippen molar-refractivity contribution in [3.63, 3.8) is 0 Å². The molecule has 0 radical (unpaired) electrons. The zero-order chi connectivity index (χ0) is 16.6. The molecule has 2 aromatic heterocycles. The summed E-state index contributed by atoms with van der Waals surface area (Å²) in [6.45, 7) is 0. The highest BCUT2D eigenvalue weighted by atomic mass is 16.5. The Morgan fingerprint density at radius 2 is 1.96 bits per heavy atom. The molecule has 2 aliphatic heterocycles. The largest absolute Gasteiger partial charge is 0.439 e. The van der Waals surface area contributed by atoms with Gasteiger partial charge in [-0.2, -0.15) is 4.98 Å². The first-order chi connectivity index (χ1) is 12.3. The van der Waals surface area contributed by atoms with Crippen LogP contribution in [0.2, 0.25) is 0 Å². The van der Waals surface area contributed by atoms with Gasteiger partial charge in [-0.3, -0.25) is 0 Å². The van der Waals surface area contributed by atoms with Crippen molar-refractivity contribution in [2.75, 3.05) is 0 Å². The molecular weight excluding hydrogens is 318 g/mol. The number of fused-ring (bicyclic) bond motifs is 2. The summed E-state index contributed by atoms with van der Waals surface area (Å²) in [6, 6.07) is 13.2. The summed E-state index contributed by atoms with van der Waals surface area (Å²) in [5, 5.41) is 4.11. The molecule has 3 atom stereocenters. The minimum absolute atomic E-state index is 0.230. The smallest absolute Gasteiger partial charge is 0.232 e. The van der Waals surface area contributed by atoms with Crippen LogP contribution in [0.15, 0.2) is 53.2 Å². The molecule has 6 heteroatoms. The van der Waals surface area contributed by atoms with Crippen LogP contribution in [0.5, 0.6) is 11.6 Å². The standard InChI is InChI=1S/C19H17N3O3/c1-2-4-13(5-3-1)24-17-9-6-12(11-20-17)18-21-19(25-22-18)15-10-14-7-8-16(15)23-14/h1-6,9,11,14-16H,7-8,10H2/t14-,15-,16-/m1/s1. The fraction of sp³-hybridized carbons (Fsp3) is 0.316. The molecule has 2 fully saturated rings. The van der Waals surface area contributed by atoms with Crippen LogP contribution in [0.25, 0.3) is 11.4 Å². The monoisotopic (exact) mass is 335 g/mol. The van der Waals surface area contributed by atoms with E-state index in [1.807, 2.05) is 36.4 Å². The van der Waals surface area contributed by atoms with Crippen molar-refractivity contribution in [1.29, 1.82) is 0 Å². The first-order valence-corrected chi connectivity index (χ1v) is 8.53. The predicted molar refractivity (Wildman–Crippen MR) is 89.3 cm³/mol. The van der Waals surface area contributed by atoms with Gasteiger partial charge in [0, 0.05) is 17.8 Å². The third-order valence-electron chi connectivity index (χ3n) is 4.83. The Bertz CT molecular complexity index is 863. The van der Waals surface area contributed by atoms with E-state index in [9.17, 15) is 0 Å². The second kappa shape index (κ2) is 5.97. The molecule has 1 aromatic carbocycles. The second-order valence-corrected chi connectivity index (χ2v) is 6.47. The maximum absolute atomic E-state index is 5.87. The van der Waals surface area contributed by atoms with Gasteiger partial charge in [0.05, 0.1) is 18.1 Å². The number of para-hydroxylation sites is 1. The summed E-state index contributed by atoms with van der Waals surface area (Å²) in [6.07, 6.45) is 5.51. The number of rotatable bonds is 4. The number of benzene rings is 1. The molecule has 2 saturated heterocycles. The molecule has 2 bridgehead atoms. The van der Waals surface area contributed by atoms with E-state index < -0.39 is 0 Å². The molecule has 0 unspecified atom stereocenters. The van der Waals surface area contributed by atoms with Gasteiger partial charge in [-0.1, -0.05) is 23.4 Å². The number of hydrogen-bond donors (Lipinski definition) is 0. The van der Waals surface area contributed by atoms with E-state index in [1.165, 1.54) is 0 Å². The average Bonchev–Trinajstić information content (AvgIpc) is 3.40. The summed E-state index contributed by atoms with van der Waals surface area (Å²) in [5.74, 6) is 2.73. The summed E-state index contributed by atoms with van der Waals surface area (Å²) < 4.78 is 17.0. The van der Waals surface area contributed by atoms with Gasteiger partial charge in [0.25, 0.3) is 0 Å². The van der Waals surface area contributed by atoms with Crippen LogP contribution in [0.3, 0.4) is 0 Å². The lowest BCUT2D eigenvalue weighted by Crippen LogP contribution is -2.14. The highest BCUT2D eigenvalue weighted by Crippen LogP contribution is 2.44. The van der Waals surface area contributed by atoms with Crippen LogP contribution < -0.4 is 4.74 Å². The summed E-state index contributed by atoms with van der Waals surface area (Å²) in [4.78, 5) is 8.88. The Hall–Kier alpha value is -2.73. The molecule has 0 spiro atoms. The highest BCUT2D eigenvalue weighted by Gasteiger charge is 2.44. The van der Waals surface area contributed by atoms with Gasteiger partial charge in [-0.05, 0) is 37.5 Å². The van der Waals surface area contributed by atoms with Gasteiger partial charge in [-0.15, -0.1) is 0 Å². The van der Waals surface area contributed by atoms with Gasteiger partial charge in [-0.25, -0.2) is 4.98 Å². The van der Waals surface area contributed by atoms with Crippen LogP contribution in [0, 0.1) is 0 Å². The normalized spacial score (nSPS) is 24.6.